The topological polar surface area (TPSA) is 3.24 Å². The van der Waals surface area contributed by atoms with E-state index >= 15 is 0 Å². The van der Waals surface area contributed by atoms with Crippen LogP contribution in [0.4, 0.5) is 5.69 Å². The Balaban J connectivity index is 0.00000162. The molecule has 0 aliphatic rings. The molecule has 0 atom stereocenters. The highest BCUT2D eigenvalue weighted by Crippen LogP contribution is 2.26. The third-order valence-electron chi connectivity index (χ3n) is 3.09. The maximum absolute atomic E-state index is 2.50. The Morgan fingerprint density at radius 3 is 2.11 bits per heavy atom. The van der Waals surface area contributed by atoms with Gasteiger partial charge >= 0.3 is 0 Å². The second-order valence-corrected chi connectivity index (χ2v) is 4.49. The molecular weight excluding hydrogens is 242 g/mol. The van der Waals surface area contributed by atoms with Crippen molar-refractivity contribution in [1.82, 2.24) is 0 Å². The zero-order valence-electron chi connectivity index (χ0n) is 11.2. The van der Waals surface area contributed by atoms with Crippen LogP contribution in [0.1, 0.15) is 26.7 Å². The van der Waals surface area contributed by atoms with Gasteiger partial charge in [0.2, 0.25) is 0 Å². The average Bonchev–Trinajstić information content (AvgIpc) is 2.38. The monoisotopic (exact) mass is 263 g/mol. The number of hydrogen-bond donors (Lipinski definition) is 0. The minimum absolute atomic E-state index is 0. The van der Waals surface area contributed by atoms with Gasteiger partial charge in [0, 0.05) is 24.2 Å². The minimum Gasteiger partial charge on any atom is -0.371 e. The summed E-state index contributed by atoms with van der Waals surface area (Å²) in [6.45, 7) is 6.77. The highest BCUT2D eigenvalue weighted by atomic mass is 35.5. The molecule has 0 radical (unpaired) electrons. The molecule has 0 saturated carbocycles. The van der Waals surface area contributed by atoms with Gasteiger partial charge in [0.15, 0.2) is 0 Å². The largest absolute Gasteiger partial charge is 0.371 e. The lowest BCUT2D eigenvalue weighted by Crippen LogP contribution is -2.24. The molecule has 0 bridgehead atoms. The lowest BCUT2D eigenvalue weighted by molar-refractivity contribution is 0.747. The molecule has 0 aromatic heterocycles. The van der Waals surface area contributed by atoms with E-state index in [1.807, 2.05) is 0 Å². The summed E-state index contributed by atoms with van der Waals surface area (Å²) < 4.78 is 0. The molecule has 0 fully saturated rings. The quantitative estimate of drug-likeness (QED) is 0.743. The number of anilines is 1. The molecule has 0 spiro atoms. The van der Waals surface area contributed by atoms with E-state index in [1.165, 1.54) is 29.3 Å². The van der Waals surface area contributed by atoms with Crippen molar-refractivity contribution in [1.29, 1.82) is 0 Å². The van der Waals surface area contributed by atoms with Crippen molar-refractivity contribution in [3.63, 3.8) is 0 Å². The standard InChI is InChI=1S/C16H21N.ClH/c1-3-12-17(13-4-2)16-11-7-9-14-8-5-6-10-15(14)16;/h5-11H,3-4,12-13H2,1-2H3;1H. The molecule has 0 amide bonds. The molecule has 0 saturated heterocycles. The summed E-state index contributed by atoms with van der Waals surface area (Å²) in [5.41, 5.74) is 1.38. The molecule has 2 rings (SSSR count). The summed E-state index contributed by atoms with van der Waals surface area (Å²) in [5.74, 6) is 0. The molecule has 98 valence electrons. The maximum Gasteiger partial charge on any atom is 0.0445 e. The van der Waals surface area contributed by atoms with E-state index in [0.717, 1.165) is 13.1 Å². The molecule has 0 aliphatic heterocycles. The molecule has 2 aromatic carbocycles. The Kier molecular flexibility index (Phi) is 6.00. The van der Waals surface area contributed by atoms with Gasteiger partial charge < -0.3 is 4.90 Å². The molecule has 0 aliphatic carbocycles. The van der Waals surface area contributed by atoms with E-state index < -0.39 is 0 Å². The highest BCUT2D eigenvalue weighted by Gasteiger charge is 2.07. The van der Waals surface area contributed by atoms with Crippen molar-refractivity contribution < 1.29 is 0 Å². The molecule has 2 aromatic rings. The number of nitrogens with zero attached hydrogens (tertiary/aromatic N) is 1. The summed E-state index contributed by atoms with van der Waals surface area (Å²) in [4.78, 5) is 2.50. The molecule has 2 heteroatoms. The predicted molar refractivity (Wildman–Crippen MR) is 84.0 cm³/mol. The van der Waals surface area contributed by atoms with Crippen LogP contribution in [0.25, 0.3) is 10.8 Å². The fourth-order valence-electron chi connectivity index (χ4n) is 2.38. The predicted octanol–water partition coefficient (Wildman–Crippen LogP) is 4.89. The van der Waals surface area contributed by atoms with Crippen molar-refractivity contribution in [2.45, 2.75) is 26.7 Å². The Labute approximate surface area is 116 Å². The minimum atomic E-state index is 0. The molecule has 0 N–H and O–H groups in total. The Bertz CT molecular complexity index is 470. The fraction of sp³-hybridized carbons (Fsp3) is 0.375. The second-order valence-electron chi connectivity index (χ2n) is 4.49. The third-order valence-corrected chi connectivity index (χ3v) is 3.09. The highest BCUT2D eigenvalue weighted by molar-refractivity contribution is 5.94. The van der Waals surface area contributed by atoms with Crippen LogP contribution in [-0.4, -0.2) is 13.1 Å². The van der Waals surface area contributed by atoms with Gasteiger partial charge in [-0.3, -0.25) is 0 Å². The normalized spacial score (nSPS) is 10.1. The zero-order chi connectivity index (χ0) is 12.1. The van der Waals surface area contributed by atoms with E-state index in [-0.39, 0.29) is 12.4 Å². The zero-order valence-corrected chi connectivity index (χ0v) is 12.0. The fourth-order valence-corrected chi connectivity index (χ4v) is 2.38. The summed E-state index contributed by atoms with van der Waals surface area (Å²) in [6.07, 6.45) is 2.40. The number of rotatable bonds is 5. The van der Waals surface area contributed by atoms with Crippen LogP contribution >= 0.6 is 12.4 Å². The van der Waals surface area contributed by atoms with Crippen molar-refractivity contribution in [3.05, 3.63) is 42.5 Å². The van der Waals surface area contributed by atoms with E-state index in [2.05, 4.69) is 61.2 Å². The molecule has 0 unspecified atom stereocenters. The van der Waals surface area contributed by atoms with Crippen LogP contribution in [0.2, 0.25) is 0 Å². The van der Waals surface area contributed by atoms with Crippen molar-refractivity contribution in [3.8, 4) is 0 Å². The van der Waals surface area contributed by atoms with Crippen molar-refractivity contribution in [2.24, 2.45) is 0 Å². The second kappa shape index (κ2) is 7.27. The van der Waals surface area contributed by atoms with Gasteiger partial charge in [-0.1, -0.05) is 50.2 Å². The van der Waals surface area contributed by atoms with Crippen LogP contribution in [0.5, 0.6) is 0 Å². The summed E-state index contributed by atoms with van der Waals surface area (Å²) in [6, 6.07) is 15.2. The number of hydrogen-bond acceptors (Lipinski definition) is 1. The first-order chi connectivity index (χ1) is 8.36. The molecule has 18 heavy (non-hydrogen) atoms. The Morgan fingerprint density at radius 2 is 1.44 bits per heavy atom. The summed E-state index contributed by atoms with van der Waals surface area (Å²) in [7, 11) is 0. The average molecular weight is 264 g/mol. The van der Waals surface area contributed by atoms with Crippen molar-refractivity contribution >= 4 is 28.9 Å². The van der Waals surface area contributed by atoms with Crippen LogP contribution in [0.15, 0.2) is 42.5 Å². The lowest BCUT2D eigenvalue weighted by atomic mass is 10.1. The Morgan fingerprint density at radius 1 is 0.833 bits per heavy atom. The smallest absolute Gasteiger partial charge is 0.0445 e. The van der Waals surface area contributed by atoms with E-state index in [9.17, 15) is 0 Å². The van der Waals surface area contributed by atoms with Gasteiger partial charge in [-0.15, -0.1) is 12.4 Å². The van der Waals surface area contributed by atoms with Gasteiger partial charge in [0.25, 0.3) is 0 Å². The van der Waals surface area contributed by atoms with Gasteiger partial charge in [0.05, 0.1) is 0 Å². The first kappa shape index (κ1) is 14.8. The number of benzene rings is 2. The van der Waals surface area contributed by atoms with Crippen LogP contribution in [0, 0.1) is 0 Å². The Hall–Kier alpha value is -1.21. The van der Waals surface area contributed by atoms with Gasteiger partial charge in [-0.2, -0.15) is 0 Å². The van der Waals surface area contributed by atoms with Crippen LogP contribution in [-0.2, 0) is 0 Å². The molecular formula is C16H22ClN. The summed E-state index contributed by atoms with van der Waals surface area (Å²) >= 11 is 0. The molecule has 1 nitrogen and oxygen atoms in total. The summed E-state index contributed by atoms with van der Waals surface area (Å²) in [5, 5.41) is 2.71. The van der Waals surface area contributed by atoms with E-state index in [0.29, 0.717) is 0 Å². The first-order valence-corrected chi connectivity index (χ1v) is 6.59. The van der Waals surface area contributed by atoms with Gasteiger partial charge in [0.1, 0.15) is 0 Å². The number of halogens is 1. The van der Waals surface area contributed by atoms with E-state index in [1.54, 1.807) is 0 Å². The maximum atomic E-state index is 2.50. The third kappa shape index (κ3) is 3.17. The molecule has 0 heterocycles. The van der Waals surface area contributed by atoms with Gasteiger partial charge in [-0.05, 0) is 24.3 Å². The van der Waals surface area contributed by atoms with Crippen LogP contribution < -0.4 is 4.90 Å². The lowest BCUT2D eigenvalue weighted by Gasteiger charge is -2.25. The van der Waals surface area contributed by atoms with Crippen molar-refractivity contribution in [2.75, 3.05) is 18.0 Å². The van der Waals surface area contributed by atoms with E-state index in [4.69, 9.17) is 0 Å². The van der Waals surface area contributed by atoms with Crippen LogP contribution in [0.3, 0.4) is 0 Å². The number of fused-ring (bicyclic) bond motifs is 1. The first-order valence-electron chi connectivity index (χ1n) is 6.59. The SMILES string of the molecule is CCCN(CCC)c1cccc2ccccc12.Cl. The van der Waals surface area contributed by atoms with Gasteiger partial charge in [-0.25, -0.2) is 0 Å².